The molecule has 1 aromatic carbocycles. The Morgan fingerprint density at radius 3 is 2.65 bits per heavy atom. The first-order chi connectivity index (χ1) is 8.10. The molecule has 1 aliphatic rings. The molecule has 1 N–H and O–H groups in total. The molecule has 0 aromatic heterocycles. The van der Waals surface area contributed by atoms with Crippen molar-refractivity contribution in [3.63, 3.8) is 0 Å². The van der Waals surface area contributed by atoms with Gasteiger partial charge in [-0.3, -0.25) is 4.99 Å². The van der Waals surface area contributed by atoms with Crippen LogP contribution in [0.2, 0.25) is 0 Å². The monoisotopic (exact) mass is 260 g/mol. The molecule has 0 aliphatic carbocycles. The molecule has 17 heavy (non-hydrogen) atoms. The standard InChI is InChI=1S/C11H11F3N2S/c1-2-6-5-15-11(17-6)16-10-4-8(13)7(12)3-9(10)14/h3-4,6H,2,5H2,1H3,(H,15,16). The average molecular weight is 260 g/mol. The maximum absolute atomic E-state index is 13.3. The Morgan fingerprint density at radius 1 is 1.29 bits per heavy atom. The molecule has 0 saturated heterocycles. The van der Waals surface area contributed by atoms with Crippen molar-refractivity contribution >= 4 is 22.6 Å². The van der Waals surface area contributed by atoms with Gasteiger partial charge in [0.25, 0.3) is 0 Å². The number of benzene rings is 1. The third kappa shape index (κ3) is 2.74. The van der Waals surface area contributed by atoms with E-state index >= 15 is 0 Å². The molecule has 0 bridgehead atoms. The van der Waals surface area contributed by atoms with Gasteiger partial charge in [-0.05, 0) is 6.42 Å². The van der Waals surface area contributed by atoms with Gasteiger partial charge in [0.05, 0.1) is 12.2 Å². The lowest BCUT2D eigenvalue weighted by Crippen LogP contribution is -2.09. The minimum absolute atomic E-state index is 0.0908. The Morgan fingerprint density at radius 2 is 2.00 bits per heavy atom. The number of nitrogens with one attached hydrogen (secondary N) is 1. The molecule has 92 valence electrons. The highest BCUT2D eigenvalue weighted by Crippen LogP contribution is 2.26. The highest BCUT2D eigenvalue weighted by Gasteiger charge is 2.19. The smallest absolute Gasteiger partial charge is 0.161 e. The lowest BCUT2D eigenvalue weighted by molar-refractivity contribution is 0.496. The Bertz CT molecular complexity index is 462. The highest BCUT2D eigenvalue weighted by molar-refractivity contribution is 8.15. The van der Waals surface area contributed by atoms with Crippen molar-refractivity contribution < 1.29 is 13.2 Å². The van der Waals surface area contributed by atoms with Crippen LogP contribution in [0.3, 0.4) is 0 Å². The van der Waals surface area contributed by atoms with Crippen LogP contribution in [0.4, 0.5) is 18.9 Å². The van der Waals surface area contributed by atoms with Gasteiger partial charge >= 0.3 is 0 Å². The van der Waals surface area contributed by atoms with E-state index in [1.165, 1.54) is 11.8 Å². The van der Waals surface area contributed by atoms with Gasteiger partial charge in [0.2, 0.25) is 0 Å². The molecule has 0 radical (unpaired) electrons. The SMILES string of the molecule is CCC1CN=C(Nc2cc(F)c(F)cc2F)S1. The van der Waals surface area contributed by atoms with E-state index in [0.717, 1.165) is 12.5 Å². The molecule has 0 amide bonds. The van der Waals surface area contributed by atoms with Crippen LogP contribution in [-0.4, -0.2) is 17.0 Å². The number of aliphatic imine (C=N–C) groups is 1. The summed E-state index contributed by atoms with van der Waals surface area (Å²) in [6.07, 6.45) is 0.958. The van der Waals surface area contributed by atoms with Crippen LogP contribution in [0.25, 0.3) is 0 Å². The number of thioether (sulfide) groups is 1. The first-order valence-electron chi connectivity index (χ1n) is 5.22. The maximum Gasteiger partial charge on any atom is 0.161 e. The first-order valence-corrected chi connectivity index (χ1v) is 6.10. The van der Waals surface area contributed by atoms with Crippen molar-refractivity contribution in [1.82, 2.24) is 0 Å². The van der Waals surface area contributed by atoms with Gasteiger partial charge < -0.3 is 5.32 Å². The van der Waals surface area contributed by atoms with E-state index in [1.807, 2.05) is 6.92 Å². The van der Waals surface area contributed by atoms with Crippen LogP contribution in [0, 0.1) is 17.5 Å². The Balaban J connectivity index is 2.12. The van der Waals surface area contributed by atoms with Gasteiger partial charge in [0, 0.05) is 17.4 Å². The molecular weight excluding hydrogens is 249 g/mol. The van der Waals surface area contributed by atoms with Crippen LogP contribution in [-0.2, 0) is 0 Å². The number of nitrogens with zero attached hydrogens (tertiary/aromatic N) is 1. The molecule has 0 spiro atoms. The third-order valence-electron chi connectivity index (χ3n) is 2.42. The summed E-state index contributed by atoms with van der Waals surface area (Å²) in [5.74, 6) is -3.10. The second-order valence-corrected chi connectivity index (χ2v) is 4.95. The molecule has 1 aliphatic heterocycles. The number of anilines is 1. The summed E-state index contributed by atoms with van der Waals surface area (Å²) in [5.41, 5.74) is -0.0908. The topological polar surface area (TPSA) is 24.4 Å². The zero-order valence-corrected chi connectivity index (χ0v) is 9.95. The number of hydrogen-bond acceptors (Lipinski definition) is 3. The average Bonchev–Trinajstić information content (AvgIpc) is 2.73. The molecule has 0 saturated carbocycles. The maximum atomic E-state index is 13.3. The summed E-state index contributed by atoms with van der Waals surface area (Å²) in [5, 5.41) is 3.58. The summed E-state index contributed by atoms with van der Waals surface area (Å²) < 4.78 is 39.0. The zero-order valence-electron chi connectivity index (χ0n) is 9.14. The van der Waals surface area contributed by atoms with Gasteiger partial charge in [0.15, 0.2) is 16.8 Å². The lowest BCUT2D eigenvalue weighted by Gasteiger charge is -2.08. The second kappa shape index (κ2) is 5.00. The summed E-state index contributed by atoms with van der Waals surface area (Å²) in [6, 6.07) is 1.32. The van der Waals surface area contributed by atoms with Gasteiger partial charge in [0.1, 0.15) is 5.82 Å². The van der Waals surface area contributed by atoms with Crippen molar-refractivity contribution in [2.45, 2.75) is 18.6 Å². The highest BCUT2D eigenvalue weighted by atomic mass is 32.2. The quantitative estimate of drug-likeness (QED) is 0.824. The predicted molar refractivity (Wildman–Crippen MR) is 63.9 cm³/mol. The zero-order chi connectivity index (χ0) is 12.4. The minimum atomic E-state index is -1.19. The van der Waals surface area contributed by atoms with E-state index in [-0.39, 0.29) is 5.69 Å². The number of hydrogen-bond donors (Lipinski definition) is 1. The fourth-order valence-corrected chi connectivity index (χ4v) is 2.38. The molecule has 2 nitrogen and oxygen atoms in total. The van der Waals surface area contributed by atoms with E-state index in [4.69, 9.17) is 0 Å². The van der Waals surface area contributed by atoms with E-state index in [0.29, 0.717) is 23.0 Å². The number of amidine groups is 1. The van der Waals surface area contributed by atoms with Crippen LogP contribution in [0.1, 0.15) is 13.3 Å². The Labute approximate surface area is 101 Å². The largest absolute Gasteiger partial charge is 0.332 e. The number of rotatable bonds is 2. The van der Waals surface area contributed by atoms with E-state index in [2.05, 4.69) is 10.3 Å². The lowest BCUT2D eigenvalue weighted by atomic mass is 10.3. The Kier molecular flexibility index (Phi) is 3.61. The van der Waals surface area contributed by atoms with Crippen molar-refractivity contribution in [2.75, 3.05) is 11.9 Å². The van der Waals surface area contributed by atoms with Crippen LogP contribution in [0.15, 0.2) is 17.1 Å². The second-order valence-electron chi connectivity index (χ2n) is 3.67. The van der Waals surface area contributed by atoms with E-state index < -0.39 is 17.5 Å². The molecule has 0 fully saturated rings. The van der Waals surface area contributed by atoms with Crippen molar-refractivity contribution in [3.8, 4) is 0 Å². The van der Waals surface area contributed by atoms with Crippen LogP contribution >= 0.6 is 11.8 Å². The number of halogens is 3. The summed E-state index contributed by atoms with van der Waals surface area (Å²) >= 11 is 1.48. The van der Waals surface area contributed by atoms with Crippen molar-refractivity contribution in [2.24, 2.45) is 4.99 Å². The summed E-state index contributed by atoms with van der Waals surface area (Å²) in [6.45, 7) is 2.70. The predicted octanol–water partition coefficient (Wildman–Crippen LogP) is 3.40. The van der Waals surface area contributed by atoms with Crippen molar-refractivity contribution in [3.05, 3.63) is 29.6 Å². The summed E-state index contributed by atoms with van der Waals surface area (Å²) in [4.78, 5) is 4.16. The molecule has 6 heteroatoms. The van der Waals surface area contributed by atoms with Crippen LogP contribution < -0.4 is 5.32 Å². The molecular formula is C11H11F3N2S. The fourth-order valence-electron chi connectivity index (χ4n) is 1.43. The summed E-state index contributed by atoms with van der Waals surface area (Å²) in [7, 11) is 0. The fraction of sp³-hybridized carbons (Fsp3) is 0.364. The Hall–Kier alpha value is -1.17. The van der Waals surface area contributed by atoms with Gasteiger partial charge in [-0.15, -0.1) is 0 Å². The molecule has 1 unspecified atom stereocenters. The molecule has 1 atom stereocenters. The first kappa shape index (κ1) is 12.3. The molecule has 2 rings (SSSR count). The van der Waals surface area contributed by atoms with Gasteiger partial charge in [-0.1, -0.05) is 18.7 Å². The molecule has 1 aromatic rings. The van der Waals surface area contributed by atoms with Crippen molar-refractivity contribution in [1.29, 1.82) is 0 Å². The van der Waals surface area contributed by atoms with Crippen LogP contribution in [0.5, 0.6) is 0 Å². The normalized spacial score (nSPS) is 19.3. The van der Waals surface area contributed by atoms with Gasteiger partial charge in [-0.2, -0.15) is 0 Å². The van der Waals surface area contributed by atoms with Gasteiger partial charge in [-0.25, -0.2) is 13.2 Å². The van der Waals surface area contributed by atoms with E-state index in [1.54, 1.807) is 0 Å². The van der Waals surface area contributed by atoms with E-state index in [9.17, 15) is 13.2 Å². The minimum Gasteiger partial charge on any atom is -0.332 e. The third-order valence-corrected chi connectivity index (χ3v) is 3.69. The molecule has 1 heterocycles.